The lowest BCUT2D eigenvalue weighted by atomic mass is 10.3. The quantitative estimate of drug-likeness (QED) is 0.718. The number of nitrogens with one attached hydrogen (secondary N) is 1. The predicted molar refractivity (Wildman–Crippen MR) is 46.9 cm³/mol. The monoisotopic (exact) mass is 205 g/mol. The summed E-state index contributed by atoms with van der Waals surface area (Å²) in [4.78, 5) is 0. The fraction of sp³-hybridized carbons (Fsp3) is 0.625. The van der Waals surface area contributed by atoms with Crippen LogP contribution in [-0.2, 0) is 13.6 Å². The first-order valence-electron chi connectivity index (χ1n) is 4.24. The molecule has 6 heteroatoms. The van der Waals surface area contributed by atoms with Crippen LogP contribution in [0.25, 0.3) is 0 Å². The molecule has 0 saturated carbocycles. The summed E-state index contributed by atoms with van der Waals surface area (Å²) in [5, 5.41) is 15.4. The number of hydrogen-bond acceptors (Lipinski definition) is 3. The van der Waals surface area contributed by atoms with Gasteiger partial charge in [-0.3, -0.25) is 4.68 Å². The zero-order valence-corrected chi connectivity index (χ0v) is 7.82. The molecule has 0 amide bonds. The number of nitrogens with zero attached hydrogens (tertiary/aromatic N) is 2. The molecule has 1 atom stereocenters. The van der Waals surface area contributed by atoms with Crippen LogP contribution in [0.15, 0.2) is 12.4 Å². The highest BCUT2D eigenvalue weighted by Crippen LogP contribution is 2.00. The zero-order valence-electron chi connectivity index (χ0n) is 7.82. The van der Waals surface area contributed by atoms with Gasteiger partial charge in [0.2, 0.25) is 0 Å². The molecule has 0 spiro atoms. The number of aromatic nitrogens is 2. The van der Waals surface area contributed by atoms with Gasteiger partial charge in [-0.2, -0.15) is 5.10 Å². The number of hydrogen-bond donors (Lipinski definition) is 2. The molecule has 1 aromatic heterocycles. The average Bonchev–Trinajstić information content (AvgIpc) is 2.51. The van der Waals surface area contributed by atoms with Crippen molar-refractivity contribution in [3.63, 3.8) is 0 Å². The van der Waals surface area contributed by atoms with E-state index in [0.717, 1.165) is 5.56 Å². The van der Waals surface area contributed by atoms with Crippen LogP contribution in [0.4, 0.5) is 8.78 Å². The normalized spacial score (nSPS) is 13.5. The third-order valence-electron chi connectivity index (χ3n) is 1.73. The van der Waals surface area contributed by atoms with E-state index in [1.54, 1.807) is 24.1 Å². The van der Waals surface area contributed by atoms with Crippen molar-refractivity contribution in [2.24, 2.45) is 7.05 Å². The van der Waals surface area contributed by atoms with E-state index in [-0.39, 0.29) is 6.54 Å². The van der Waals surface area contributed by atoms with Crippen molar-refractivity contribution < 1.29 is 13.9 Å². The van der Waals surface area contributed by atoms with Gasteiger partial charge in [-0.05, 0) is 0 Å². The zero-order chi connectivity index (χ0) is 10.6. The van der Waals surface area contributed by atoms with Crippen LogP contribution < -0.4 is 5.32 Å². The first-order chi connectivity index (χ1) is 6.59. The topological polar surface area (TPSA) is 50.1 Å². The van der Waals surface area contributed by atoms with E-state index in [4.69, 9.17) is 5.11 Å². The highest BCUT2D eigenvalue weighted by Gasteiger charge is 2.15. The van der Waals surface area contributed by atoms with Crippen LogP contribution in [-0.4, -0.2) is 34.0 Å². The SMILES string of the molecule is Cn1cc(CNCC(O)C(F)F)cn1. The summed E-state index contributed by atoms with van der Waals surface area (Å²) in [7, 11) is 1.78. The largest absolute Gasteiger partial charge is 0.386 e. The molecule has 0 fully saturated rings. The summed E-state index contributed by atoms with van der Waals surface area (Å²) >= 11 is 0. The molecule has 4 nitrogen and oxygen atoms in total. The second-order valence-electron chi connectivity index (χ2n) is 3.05. The van der Waals surface area contributed by atoms with Crippen molar-refractivity contribution >= 4 is 0 Å². The summed E-state index contributed by atoms with van der Waals surface area (Å²) in [6.07, 6.45) is -0.883. The molecule has 0 aromatic carbocycles. The Morgan fingerprint density at radius 3 is 2.86 bits per heavy atom. The van der Waals surface area contributed by atoms with Crippen LogP contribution in [0.2, 0.25) is 0 Å². The third-order valence-corrected chi connectivity index (χ3v) is 1.73. The molecule has 0 bridgehead atoms. The van der Waals surface area contributed by atoms with Gasteiger partial charge in [-0.1, -0.05) is 0 Å². The summed E-state index contributed by atoms with van der Waals surface area (Å²) in [6, 6.07) is 0. The number of aliphatic hydroxyl groups is 1. The molecule has 1 rings (SSSR count). The Morgan fingerprint density at radius 2 is 2.36 bits per heavy atom. The lowest BCUT2D eigenvalue weighted by Gasteiger charge is -2.09. The highest BCUT2D eigenvalue weighted by molar-refractivity contribution is 5.02. The maximum Gasteiger partial charge on any atom is 0.265 e. The first-order valence-corrected chi connectivity index (χ1v) is 4.24. The van der Waals surface area contributed by atoms with Crippen molar-refractivity contribution in [2.45, 2.75) is 19.1 Å². The van der Waals surface area contributed by atoms with Gasteiger partial charge in [-0.25, -0.2) is 8.78 Å². The Morgan fingerprint density at radius 1 is 1.64 bits per heavy atom. The molecule has 1 unspecified atom stereocenters. The molecular formula is C8H13F2N3O. The fourth-order valence-corrected chi connectivity index (χ4v) is 1.02. The smallest absolute Gasteiger partial charge is 0.265 e. The third kappa shape index (κ3) is 3.39. The molecular weight excluding hydrogens is 192 g/mol. The summed E-state index contributed by atoms with van der Waals surface area (Å²) in [6.45, 7) is 0.310. The number of halogens is 2. The Labute approximate surface area is 80.5 Å². The first kappa shape index (κ1) is 11.1. The Balaban J connectivity index is 2.22. The second-order valence-corrected chi connectivity index (χ2v) is 3.05. The maximum atomic E-state index is 11.9. The maximum absolute atomic E-state index is 11.9. The second kappa shape index (κ2) is 5.02. The van der Waals surface area contributed by atoms with Gasteiger partial charge in [0.05, 0.1) is 6.20 Å². The van der Waals surface area contributed by atoms with Gasteiger partial charge in [0.25, 0.3) is 6.43 Å². The minimum absolute atomic E-state index is 0.118. The average molecular weight is 205 g/mol. The predicted octanol–water partition coefficient (Wildman–Crippen LogP) is 0.136. The van der Waals surface area contributed by atoms with Crippen LogP contribution in [0.5, 0.6) is 0 Å². The molecule has 1 heterocycles. The lowest BCUT2D eigenvalue weighted by molar-refractivity contribution is -0.00340. The van der Waals surface area contributed by atoms with Gasteiger partial charge in [0, 0.05) is 31.9 Å². The van der Waals surface area contributed by atoms with Crippen molar-refractivity contribution in [1.29, 1.82) is 0 Å². The van der Waals surface area contributed by atoms with E-state index in [1.165, 1.54) is 0 Å². The number of aliphatic hydroxyl groups excluding tert-OH is 1. The summed E-state index contributed by atoms with van der Waals surface area (Å²) in [5.41, 5.74) is 0.897. The van der Waals surface area contributed by atoms with Crippen molar-refractivity contribution in [2.75, 3.05) is 6.54 Å². The summed E-state index contributed by atoms with van der Waals surface area (Å²) < 4.78 is 25.3. The van der Waals surface area contributed by atoms with Gasteiger partial charge in [-0.15, -0.1) is 0 Å². The molecule has 0 aliphatic heterocycles. The summed E-state index contributed by atoms with van der Waals surface area (Å²) in [5.74, 6) is 0. The van der Waals surface area contributed by atoms with Gasteiger partial charge >= 0.3 is 0 Å². The number of rotatable bonds is 5. The van der Waals surface area contributed by atoms with E-state index in [2.05, 4.69) is 10.4 Å². The van der Waals surface area contributed by atoms with E-state index < -0.39 is 12.5 Å². The Kier molecular flexibility index (Phi) is 3.97. The fourth-order valence-electron chi connectivity index (χ4n) is 1.02. The van der Waals surface area contributed by atoms with Crippen LogP contribution in [0.1, 0.15) is 5.56 Å². The number of aryl methyl sites for hydroxylation is 1. The molecule has 0 aliphatic carbocycles. The highest BCUT2D eigenvalue weighted by atomic mass is 19.3. The van der Waals surface area contributed by atoms with Crippen molar-refractivity contribution in [3.8, 4) is 0 Å². The standard InChI is InChI=1S/C8H13F2N3O/c1-13-5-6(3-12-13)2-11-4-7(14)8(9)10/h3,5,7-8,11,14H,2,4H2,1H3. The van der Waals surface area contributed by atoms with Crippen LogP contribution in [0.3, 0.4) is 0 Å². The van der Waals surface area contributed by atoms with Crippen LogP contribution >= 0.6 is 0 Å². The van der Waals surface area contributed by atoms with Crippen molar-refractivity contribution in [3.05, 3.63) is 18.0 Å². The number of alkyl halides is 2. The van der Waals surface area contributed by atoms with Gasteiger partial charge in [0.15, 0.2) is 0 Å². The van der Waals surface area contributed by atoms with E-state index in [1.807, 2.05) is 0 Å². The van der Waals surface area contributed by atoms with E-state index in [0.29, 0.717) is 6.54 Å². The van der Waals surface area contributed by atoms with E-state index in [9.17, 15) is 8.78 Å². The molecule has 2 N–H and O–H groups in total. The Bertz CT molecular complexity index is 277. The molecule has 80 valence electrons. The minimum Gasteiger partial charge on any atom is -0.386 e. The minimum atomic E-state index is -2.70. The van der Waals surface area contributed by atoms with Gasteiger partial charge in [0.1, 0.15) is 6.10 Å². The molecule has 0 aliphatic rings. The lowest BCUT2D eigenvalue weighted by Crippen LogP contribution is -2.31. The van der Waals surface area contributed by atoms with Crippen molar-refractivity contribution in [1.82, 2.24) is 15.1 Å². The molecule has 0 radical (unpaired) electrons. The van der Waals surface area contributed by atoms with Crippen LogP contribution in [0, 0.1) is 0 Å². The van der Waals surface area contributed by atoms with E-state index >= 15 is 0 Å². The molecule has 0 saturated heterocycles. The molecule has 1 aromatic rings. The Hall–Kier alpha value is -1.01. The molecule has 14 heavy (non-hydrogen) atoms. The van der Waals surface area contributed by atoms with Gasteiger partial charge < -0.3 is 10.4 Å².